The standard InChI is InChI=1S/C26H22N2.2ClH/c1-19-5-4-7-23-22-6-2-3-8-24(22)26(25(19)23,17-20-9-13-27-14-10-20)18-21-11-15-28-16-12-21;;/h2-16H,17-18H2,1H3;2*1H. The van der Waals surface area contributed by atoms with Crippen LogP contribution < -0.4 is 0 Å². The zero-order valence-electron chi connectivity index (χ0n) is 16.8. The quantitative estimate of drug-likeness (QED) is 0.372. The van der Waals surface area contributed by atoms with Crippen LogP contribution in [0.25, 0.3) is 11.1 Å². The van der Waals surface area contributed by atoms with Crippen LogP contribution in [0.1, 0.15) is 27.8 Å². The molecule has 30 heavy (non-hydrogen) atoms. The van der Waals surface area contributed by atoms with E-state index in [1.54, 1.807) is 0 Å². The Labute approximate surface area is 190 Å². The van der Waals surface area contributed by atoms with E-state index in [0.29, 0.717) is 0 Å². The number of aromatic nitrogens is 2. The maximum Gasteiger partial charge on any atom is 0.0298 e. The lowest BCUT2D eigenvalue weighted by Crippen LogP contribution is -2.32. The van der Waals surface area contributed by atoms with E-state index in [0.717, 1.165) is 12.8 Å². The van der Waals surface area contributed by atoms with Crippen LogP contribution >= 0.6 is 24.8 Å². The van der Waals surface area contributed by atoms with Gasteiger partial charge in [-0.25, -0.2) is 0 Å². The first-order valence-corrected chi connectivity index (χ1v) is 9.76. The fraction of sp³-hybridized carbons (Fsp3) is 0.154. The fourth-order valence-corrected chi connectivity index (χ4v) is 4.93. The van der Waals surface area contributed by atoms with Gasteiger partial charge in [0.25, 0.3) is 0 Å². The Kier molecular flexibility index (Phi) is 6.60. The Morgan fingerprint density at radius 3 is 1.77 bits per heavy atom. The second-order valence-corrected chi connectivity index (χ2v) is 7.69. The largest absolute Gasteiger partial charge is 0.265 e. The molecule has 0 radical (unpaired) electrons. The molecule has 2 aromatic heterocycles. The van der Waals surface area contributed by atoms with Gasteiger partial charge in [-0.05, 0) is 83.0 Å². The second-order valence-electron chi connectivity index (χ2n) is 7.69. The van der Waals surface area contributed by atoms with Crippen LogP contribution in [-0.2, 0) is 18.3 Å². The molecule has 0 saturated carbocycles. The topological polar surface area (TPSA) is 25.8 Å². The molecule has 152 valence electrons. The predicted octanol–water partition coefficient (Wildman–Crippen LogP) is 6.38. The van der Waals surface area contributed by atoms with E-state index in [4.69, 9.17) is 0 Å². The minimum absolute atomic E-state index is 0. The average Bonchev–Trinajstić information content (AvgIpc) is 3.01. The number of hydrogen-bond donors (Lipinski definition) is 0. The summed E-state index contributed by atoms with van der Waals surface area (Å²) in [6.07, 6.45) is 9.49. The molecule has 2 aromatic carbocycles. The Morgan fingerprint density at radius 2 is 1.17 bits per heavy atom. The highest BCUT2D eigenvalue weighted by Crippen LogP contribution is 2.53. The lowest BCUT2D eigenvalue weighted by Gasteiger charge is -2.34. The molecule has 1 aliphatic rings. The van der Waals surface area contributed by atoms with E-state index in [9.17, 15) is 0 Å². The number of halogens is 2. The van der Waals surface area contributed by atoms with E-state index >= 15 is 0 Å². The van der Waals surface area contributed by atoms with Crippen LogP contribution in [0.2, 0.25) is 0 Å². The van der Waals surface area contributed by atoms with Crippen molar-refractivity contribution in [3.8, 4) is 11.1 Å². The monoisotopic (exact) mass is 434 g/mol. The van der Waals surface area contributed by atoms with Gasteiger partial charge in [0.1, 0.15) is 0 Å². The van der Waals surface area contributed by atoms with Crippen molar-refractivity contribution in [2.75, 3.05) is 0 Å². The summed E-state index contributed by atoms with van der Waals surface area (Å²) in [6, 6.07) is 24.2. The molecule has 2 nitrogen and oxygen atoms in total. The van der Waals surface area contributed by atoms with Crippen molar-refractivity contribution in [2.24, 2.45) is 0 Å². The van der Waals surface area contributed by atoms with E-state index in [-0.39, 0.29) is 30.2 Å². The van der Waals surface area contributed by atoms with Gasteiger partial charge in [0.05, 0.1) is 0 Å². The van der Waals surface area contributed by atoms with Crippen molar-refractivity contribution >= 4 is 24.8 Å². The van der Waals surface area contributed by atoms with Crippen LogP contribution in [0.15, 0.2) is 91.5 Å². The minimum Gasteiger partial charge on any atom is -0.265 e. The van der Waals surface area contributed by atoms with Crippen molar-refractivity contribution < 1.29 is 0 Å². The molecule has 0 amide bonds. The SMILES string of the molecule is Cc1cccc2c1C(Cc1ccncc1)(Cc1ccncc1)c1ccccc1-2.Cl.Cl. The molecule has 0 spiro atoms. The van der Waals surface area contributed by atoms with Gasteiger partial charge in [0.2, 0.25) is 0 Å². The second kappa shape index (κ2) is 8.99. The first-order valence-electron chi connectivity index (χ1n) is 9.76. The van der Waals surface area contributed by atoms with Crippen molar-refractivity contribution in [1.29, 1.82) is 0 Å². The van der Waals surface area contributed by atoms with Gasteiger partial charge in [-0.15, -0.1) is 24.8 Å². The highest BCUT2D eigenvalue weighted by molar-refractivity contribution is 5.85. The van der Waals surface area contributed by atoms with Gasteiger partial charge in [-0.3, -0.25) is 9.97 Å². The van der Waals surface area contributed by atoms with Crippen molar-refractivity contribution in [2.45, 2.75) is 25.2 Å². The normalized spacial score (nSPS) is 12.8. The maximum absolute atomic E-state index is 4.22. The number of fused-ring (bicyclic) bond motifs is 3. The molecule has 0 N–H and O–H groups in total. The molecule has 0 bridgehead atoms. The number of aryl methyl sites for hydroxylation is 1. The first kappa shape index (κ1) is 22.0. The van der Waals surface area contributed by atoms with Crippen LogP contribution in [-0.4, -0.2) is 9.97 Å². The smallest absolute Gasteiger partial charge is 0.0298 e. The van der Waals surface area contributed by atoms with Crippen LogP contribution in [0.3, 0.4) is 0 Å². The molecular formula is C26H24Cl2N2. The average molecular weight is 435 g/mol. The zero-order chi connectivity index (χ0) is 19.0. The first-order chi connectivity index (χ1) is 13.8. The molecule has 0 fully saturated rings. The summed E-state index contributed by atoms with van der Waals surface area (Å²) in [7, 11) is 0. The summed E-state index contributed by atoms with van der Waals surface area (Å²) in [4.78, 5) is 8.45. The van der Waals surface area contributed by atoms with Gasteiger partial charge in [-0.2, -0.15) is 0 Å². The Hall–Kier alpha value is -2.68. The molecule has 0 aliphatic heterocycles. The van der Waals surface area contributed by atoms with Gasteiger partial charge < -0.3 is 0 Å². The summed E-state index contributed by atoms with van der Waals surface area (Å²) in [5, 5.41) is 0. The maximum atomic E-state index is 4.22. The molecular weight excluding hydrogens is 411 g/mol. The molecule has 4 aromatic rings. The summed E-state index contributed by atoms with van der Waals surface area (Å²) in [5.41, 5.74) is 9.52. The number of hydrogen-bond acceptors (Lipinski definition) is 2. The van der Waals surface area contributed by atoms with Crippen LogP contribution in [0.5, 0.6) is 0 Å². The predicted molar refractivity (Wildman–Crippen MR) is 128 cm³/mol. The molecule has 0 unspecified atom stereocenters. The van der Waals surface area contributed by atoms with Crippen LogP contribution in [0.4, 0.5) is 0 Å². The summed E-state index contributed by atoms with van der Waals surface area (Å²) in [5.74, 6) is 0. The highest BCUT2D eigenvalue weighted by atomic mass is 35.5. The summed E-state index contributed by atoms with van der Waals surface area (Å²) in [6.45, 7) is 2.25. The van der Waals surface area contributed by atoms with Gasteiger partial charge in [0, 0.05) is 30.2 Å². The molecule has 0 saturated heterocycles. The van der Waals surface area contributed by atoms with E-state index in [2.05, 4.69) is 83.6 Å². The number of pyridine rings is 2. The molecule has 1 aliphatic carbocycles. The van der Waals surface area contributed by atoms with E-state index in [1.807, 2.05) is 24.8 Å². The Balaban J connectivity index is 0.00000128. The fourth-order valence-electron chi connectivity index (χ4n) is 4.93. The third-order valence-electron chi connectivity index (χ3n) is 5.99. The highest BCUT2D eigenvalue weighted by Gasteiger charge is 2.44. The van der Waals surface area contributed by atoms with E-state index in [1.165, 1.54) is 38.9 Å². The van der Waals surface area contributed by atoms with Gasteiger partial charge >= 0.3 is 0 Å². The number of rotatable bonds is 4. The zero-order valence-corrected chi connectivity index (χ0v) is 18.4. The molecule has 0 atom stereocenters. The van der Waals surface area contributed by atoms with E-state index < -0.39 is 0 Å². The summed E-state index contributed by atoms with van der Waals surface area (Å²) >= 11 is 0. The van der Waals surface area contributed by atoms with Gasteiger partial charge in [0.15, 0.2) is 0 Å². The number of nitrogens with zero attached hydrogens (tertiary/aromatic N) is 2. The molecule has 4 heteroatoms. The summed E-state index contributed by atoms with van der Waals surface area (Å²) < 4.78 is 0. The number of benzene rings is 2. The van der Waals surface area contributed by atoms with Crippen LogP contribution in [0, 0.1) is 6.92 Å². The molecule has 2 heterocycles. The van der Waals surface area contributed by atoms with Crippen molar-refractivity contribution in [1.82, 2.24) is 9.97 Å². The van der Waals surface area contributed by atoms with Crippen molar-refractivity contribution in [3.63, 3.8) is 0 Å². The Morgan fingerprint density at radius 1 is 0.633 bits per heavy atom. The lowest BCUT2D eigenvalue weighted by atomic mass is 9.68. The molecule has 5 rings (SSSR count). The Bertz CT molecular complexity index is 1090. The van der Waals surface area contributed by atoms with Gasteiger partial charge in [-0.1, -0.05) is 42.5 Å². The third kappa shape index (κ3) is 3.62. The minimum atomic E-state index is -0.0972. The third-order valence-corrected chi connectivity index (χ3v) is 5.99. The lowest BCUT2D eigenvalue weighted by molar-refractivity contribution is 0.517. The van der Waals surface area contributed by atoms with Crippen molar-refractivity contribution in [3.05, 3.63) is 119 Å².